The van der Waals surface area contributed by atoms with E-state index < -0.39 is 0 Å². The lowest BCUT2D eigenvalue weighted by atomic mass is 10.1. The van der Waals surface area contributed by atoms with Gasteiger partial charge in [-0.25, -0.2) is 0 Å². The zero-order valence-corrected chi connectivity index (χ0v) is 11.2. The van der Waals surface area contributed by atoms with Crippen molar-refractivity contribution in [3.05, 3.63) is 33.8 Å². The molecule has 1 unspecified atom stereocenters. The molecule has 0 saturated heterocycles. The second kappa shape index (κ2) is 6.26. The third-order valence-corrected chi connectivity index (χ3v) is 3.10. The van der Waals surface area contributed by atoms with E-state index in [2.05, 4.69) is 58.6 Å². The lowest BCUT2D eigenvalue weighted by Crippen LogP contribution is -2.34. The molecule has 1 rings (SSSR count). The lowest BCUT2D eigenvalue weighted by molar-refractivity contribution is 0.522. The highest BCUT2D eigenvalue weighted by molar-refractivity contribution is 9.10. The van der Waals surface area contributed by atoms with Gasteiger partial charge >= 0.3 is 0 Å². The number of nitrogens with one attached hydrogen (secondary N) is 2. The van der Waals surface area contributed by atoms with Crippen LogP contribution in [-0.2, 0) is 6.54 Å². The second-order valence-electron chi connectivity index (χ2n) is 3.93. The van der Waals surface area contributed by atoms with Crippen LogP contribution in [0.15, 0.2) is 22.7 Å². The largest absolute Gasteiger partial charge is 0.318 e. The summed E-state index contributed by atoms with van der Waals surface area (Å²) >= 11 is 3.58. The van der Waals surface area contributed by atoms with Gasteiger partial charge in [0.15, 0.2) is 0 Å². The first-order valence-corrected chi connectivity index (χ1v) is 6.05. The van der Waals surface area contributed by atoms with E-state index in [9.17, 15) is 0 Å². The van der Waals surface area contributed by atoms with Gasteiger partial charge in [0.2, 0.25) is 0 Å². The minimum absolute atomic E-state index is 0.489. The molecular weight excluding hydrogens is 252 g/mol. The predicted octanol–water partition coefficient (Wildman–Crippen LogP) is 2.46. The van der Waals surface area contributed by atoms with Crippen molar-refractivity contribution >= 4 is 15.9 Å². The second-order valence-corrected chi connectivity index (χ2v) is 4.79. The Bertz CT molecular complexity index is 312. The SMILES string of the molecule is CNCC(C)NCc1ccc(C)cc1Br. The first-order valence-electron chi connectivity index (χ1n) is 5.26. The predicted molar refractivity (Wildman–Crippen MR) is 69.1 cm³/mol. The van der Waals surface area contributed by atoms with Crippen LogP contribution < -0.4 is 10.6 Å². The molecule has 0 spiro atoms. The Morgan fingerprint density at radius 1 is 1.40 bits per heavy atom. The van der Waals surface area contributed by atoms with Crippen LogP contribution in [0.2, 0.25) is 0 Å². The van der Waals surface area contributed by atoms with Crippen LogP contribution in [0, 0.1) is 6.92 Å². The first-order chi connectivity index (χ1) is 7.13. The van der Waals surface area contributed by atoms with Gasteiger partial charge in [-0.1, -0.05) is 28.1 Å². The van der Waals surface area contributed by atoms with Crippen molar-refractivity contribution in [2.45, 2.75) is 26.4 Å². The van der Waals surface area contributed by atoms with E-state index in [-0.39, 0.29) is 0 Å². The molecule has 0 aliphatic heterocycles. The molecule has 0 amide bonds. The molecule has 2 nitrogen and oxygen atoms in total. The molecule has 3 heteroatoms. The van der Waals surface area contributed by atoms with E-state index in [4.69, 9.17) is 0 Å². The van der Waals surface area contributed by atoms with Crippen LogP contribution in [0.5, 0.6) is 0 Å². The van der Waals surface area contributed by atoms with Gasteiger partial charge in [-0.05, 0) is 38.1 Å². The van der Waals surface area contributed by atoms with Crippen LogP contribution in [0.3, 0.4) is 0 Å². The van der Waals surface area contributed by atoms with E-state index in [0.717, 1.165) is 13.1 Å². The Morgan fingerprint density at radius 3 is 2.73 bits per heavy atom. The Balaban J connectivity index is 2.50. The monoisotopic (exact) mass is 270 g/mol. The van der Waals surface area contributed by atoms with Crippen molar-refractivity contribution in [3.63, 3.8) is 0 Å². The Hall–Kier alpha value is -0.380. The number of benzene rings is 1. The van der Waals surface area contributed by atoms with Gasteiger partial charge < -0.3 is 10.6 Å². The Kier molecular flexibility index (Phi) is 5.29. The topological polar surface area (TPSA) is 24.1 Å². The zero-order valence-electron chi connectivity index (χ0n) is 9.60. The molecule has 0 fully saturated rings. The van der Waals surface area contributed by atoms with Crippen molar-refractivity contribution in [2.24, 2.45) is 0 Å². The maximum atomic E-state index is 3.58. The fourth-order valence-corrected chi connectivity index (χ4v) is 2.09. The number of hydrogen-bond donors (Lipinski definition) is 2. The summed E-state index contributed by atoms with van der Waals surface area (Å²) < 4.78 is 1.19. The molecule has 0 aliphatic rings. The Labute approximate surface area is 101 Å². The van der Waals surface area contributed by atoms with Crippen LogP contribution in [0.4, 0.5) is 0 Å². The number of hydrogen-bond acceptors (Lipinski definition) is 2. The van der Waals surface area contributed by atoms with E-state index in [1.165, 1.54) is 15.6 Å². The molecule has 0 aromatic heterocycles. The maximum Gasteiger partial charge on any atom is 0.0222 e. The Morgan fingerprint density at radius 2 is 2.13 bits per heavy atom. The van der Waals surface area contributed by atoms with Gasteiger partial charge in [-0.3, -0.25) is 0 Å². The molecule has 2 N–H and O–H groups in total. The number of halogens is 1. The molecule has 0 saturated carbocycles. The summed E-state index contributed by atoms with van der Waals surface area (Å²) in [6.07, 6.45) is 0. The van der Waals surface area contributed by atoms with Gasteiger partial charge in [0.1, 0.15) is 0 Å². The minimum Gasteiger partial charge on any atom is -0.318 e. The van der Waals surface area contributed by atoms with Crippen LogP contribution in [0.1, 0.15) is 18.1 Å². The zero-order chi connectivity index (χ0) is 11.3. The summed E-state index contributed by atoms with van der Waals surface area (Å²) in [5, 5.41) is 6.62. The number of rotatable bonds is 5. The summed E-state index contributed by atoms with van der Waals surface area (Å²) in [4.78, 5) is 0. The molecule has 15 heavy (non-hydrogen) atoms. The molecule has 0 radical (unpaired) electrons. The van der Waals surface area contributed by atoms with Gasteiger partial charge in [0, 0.05) is 23.6 Å². The minimum atomic E-state index is 0.489. The van der Waals surface area contributed by atoms with Gasteiger partial charge in [0.25, 0.3) is 0 Å². The third kappa shape index (κ3) is 4.33. The molecule has 0 heterocycles. The fraction of sp³-hybridized carbons (Fsp3) is 0.500. The van der Waals surface area contributed by atoms with Crippen molar-refractivity contribution < 1.29 is 0 Å². The molecule has 1 atom stereocenters. The highest BCUT2D eigenvalue weighted by Gasteiger charge is 2.02. The maximum absolute atomic E-state index is 3.58. The average molecular weight is 271 g/mol. The summed E-state index contributed by atoms with van der Waals surface area (Å²) in [5.74, 6) is 0. The summed E-state index contributed by atoms with van der Waals surface area (Å²) in [7, 11) is 1.97. The summed E-state index contributed by atoms with van der Waals surface area (Å²) in [6, 6.07) is 6.95. The highest BCUT2D eigenvalue weighted by atomic mass is 79.9. The van der Waals surface area contributed by atoms with Crippen LogP contribution in [-0.4, -0.2) is 19.6 Å². The highest BCUT2D eigenvalue weighted by Crippen LogP contribution is 2.18. The number of likely N-dealkylation sites (N-methyl/N-ethyl adjacent to an activating group) is 1. The molecule has 0 aliphatic carbocycles. The molecule has 0 bridgehead atoms. The standard InChI is InChI=1S/C12H19BrN2/c1-9-4-5-11(12(13)6-9)8-15-10(2)7-14-3/h4-6,10,14-15H,7-8H2,1-3H3. The molecule has 1 aromatic carbocycles. The van der Waals surface area contributed by atoms with E-state index >= 15 is 0 Å². The fourth-order valence-electron chi connectivity index (χ4n) is 1.46. The third-order valence-electron chi connectivity index (χ3n) is 2.36. The quantitative estimate of drug-likeness (QED) is 0.859. The van der Waals surface area contributed by atoms with Gasteiger partial charge in [-0.2, -0.15) is 0 Å². The van der Waals surface area contributed by atoms with E-state index in [1.54, 1.807) is 0 Å². The van der Waals surface area contributed by atoms with Crippen LogP contribution in [0.25, 0.3) is 0 Å². The summed E-state index contributed by atoms with van der Waals surface area (Å²) in [6.45, 7) is 6.18. The van der Waals surface area contributed by atoms with Crippen molar-refractivity contribution in [1.82, 2.24) is 10.6 Å². The molecule has 84 valence electrons. The van der Waals surface area contributed by atoms with Crippen molar-refractivity contribution in [1.29, 1.82) is 0 Å². The van der Waals surface area contributed by atoms with Gasteiger partial charge in [0.05, 0.1) is 0 Å². The number of aryl methyl sites for hydroxylation is 1. The molecule has 1 aromatic rings. The first kappa shape index (κ1) is 12.7. The van der Waals surface area contributed by atoms with Crippen LogP contribution >= 0.6 is 15.9 Å². The van der Waals surface area contributed by atoms with Crippen molar-refractivity contribution in [2.75, 3.05) is 13.6 Å². The van der Waals surface area contributed by atoms with Gasteiger partial charge in [-0.15, -0.1) is 0 Å². The van der Waals surface area contributed by atoms with E-state index in [0.29, 0.717) is 6.04 Å². The normalized spacial score (nSPS) is 12.8. The average Bonchev–Trinajstić information content (AvgIpc) is 2.17. The van der Waals surface area contributed by atoms with E-state index in [1.807, 2.05) is 7.05 Å². The van der Waals surface area contributed by atoms with Crippen molar-refractivity contribution in [3.8, 4) is 0 Å². The smallest absolute Gasteiger partial charge is 0.0222 e. The molecular formula is C12H19BrN2. The lowest BCUT2D eigenvalue weighted by Gasteiger charge is -2.14. The summed E-state index contributed by atoms with van der Waals surface area (Å²) in [5.41, 5.74) is 2.59.